The zero-order chi connectivity index (χ0) is 25.0. The number of hydrogen-bond donors (Lipinski definition) is 0. The van der Waals surface area contributed by atoms with Crippen molar-refractivity contribution < 1.29 is 28.6 Å². The van der Waals surface area contributed by atoms with Crippen LogP contribution in [0.2, 0.25) is 10.0 Å². The summed E-state index contributed by atoms with van der Waals surface area (Å²) < 4.78 is 17.2. The minimum absolute atomic E-state index is 0.199. The van der Waals surface area contributed by atoms with Gasteiger partial charge in [-0.1, -0.05) is 29.3 Å². The Kier molecular flexibility index (Phi) is 9.14. The lowest BCUT2D eigenvalue weighted by atomic mass is 10.1. The maximum absolute atomic E-state index is 12.7. The number of imide groups is 1. The van der Waals surface area contributed by atoms with E-state index in [1.165, 1.54) is 7.11 Å². The molecular formula is C23H20Cl2INO6S. The molecule has 1 aliphatic heterocycles. The molecule has 3 rings (SSSR count). The van der Waals surface area contributed by atoms with E-state index < -0.39 is 23.7 Å². The predicted molar refractivity (Wildman–Crippen MR) is 140 cm³/mol. The molecule has 0 bridgehead atoms. The molecule has 0 unspecified atom stereocenters. The van der Waals surface area contributed by atoms with E-state index in [0.29, 0.717) is 27.1 Å². The predicted octanol–water partition coefficient (Wildman–Crippen LogP) is 6.17. The van der Waals surface area contributed by atoms with Crippen LogP contribution in [0, 0.1) is 3.57 Å². The third-order valence-corrected chi connectivity index (χ3v) is 6.89. The number of thioether (sulfide) groups is 1. The van der Waals surface area contributed by atoms with E-state index in [9.17, 15) is 14.4 Å². The van der Waals surface area contributed by atoms with Crippen LogP contribution in [0.15, 0.2) is 35.2 Å². The maximum atomic E-state index is 12.7. The van der Waals surface area contributed by atoms with E-state index in [2.05, 4.69) is 22.6 Å². The Morgan fingerprint density at radius 2 is 1.91 bits per heavy atom. The van der Waals surface area contributed by atoms with Gasteiger partial charge in [0, 0.05) is 0 Å². The molecule has 0 aromatic heterocycles. The molecule has 2 amide bonds. The van der Waals surface area contributed by atoms with Crippen molar-refractivity contribution in [2.24, 2.45) is 0 Å². The quantitative estimate of drug-likeness (QED) is 0.195. The van der Waals surface area contributed by atoms with Crippen molar-refractivity contribution in [2.45, 2.75) is 26.6 Å². The second-order valence-electron chi connectivity index (χ2n) is 7.38. The lowest BCUT2D eigenvalue weighted by Gasteiger charge is -2.14. The van der Waals surface area contributed by atoms with Crippen molar-refractivity contribution >= 4 is 80.7 Å². The zero-order valence-electron chi connectivity index (χ0n) is 18.4. The number of benzene rings is 2. The van der Waals surface area contributed by atoms with E-state index in [1.54, 1.807) is 44.2 Å². The van der Waals surface area contributed by atoms with Gasteiger partial charge < -0.3 is 14.2 Å². The van der Waals surface area contributed by atoms with Crippen LogP contribution in [0.3, 0.4) is 0 Å². The summed E-state index contributed by atoms with van der Waals surface area (Å²) in [6, 6.07) is 8.74. The van der Waals surface area contributed by atoms with Gasteiger partial charge in [-0.05, 0) is 89.7 Å². The number of hydrogen-bond acceptors (Lipinski definition) is 7. The monoisotopic (exact) mass is 635 g/mol. The van der Waals surface area contributed by atoms with Crippen LogP contribution in [-0.4, -0.2) is 41.8 Å². The number of carbonyl (C=O) groups excluding carboxylic acids is 3. The van der Waals surface area contributed by atoms with Gasteiger partial charge in [-0.3, -0.25) is 19.3 Å². The smallest absolute Gasteiger partial charge is 0.326 e. The summed E-state index contributed by atoms with van der Waals surface area (Å²) >= 11 is 14.9. The van der Waals surface area contributed by atoms with Crippen molar-refractivity contribution in [1.29, 1.82) is 0 Å². The van der Waals surface area contributed by atoms with E-state index in [1.807, 2.05) is 6.07 Å². The number of carbonyl (C=O) groups is 3. The first-order valence-electron chi connectivity index (χ1n) is 9.98. The van der Waals surface area contributed by atoms with Crippen LogP contribution >= 0.6 is 57.6 Å². The molecule has 1 saturated heterocycles. The number of rotatable bonds is 8. The molecule has 0 spiro atoms. The first-order valence-corrected chi connectivity index (χ1v) is 12.6. The fourth-order valence-corrected chi connectivity index (χ4v) is 4.91. The van der Waals surface area contributed by atoms with Gasteiger partial charge in [0.1, 0.15) is 13.2 Å². The van der Waals surface area contributed by atoms with E-state index in [-0.39, 0.29) is 17.6 Å². The molecule has 0 N–H and O–H groups in total. The molecule has 180 valence electrons. The van der Waals surface area contributed by atoms with Crippen LogP contribution < -0.4 is 9.47 Å². The molecular weight excluding hydrogens is 616 g/mol. The highest BCUT2D eigenvalue weighted by molar-refractivity contribution is 14.1. The molecule has 11 heteroatoms. The summed E-state index contributed by atoms with van der Waals surface area (Å²) in [5.41, 5.74) is 1.47. The lowest BCUT2D eigenvalue weighted by Crippen LogP contribution is -2.35. The molecule has 0 atom stereocenters. The van der Waals surface area contributed by atoms with Gasteiger partial charge in [-0.25, -0.2) is 0 Å². The second kappa shape index (κ2) is 11.7. The number of amides is 2. The van der Waals surface area contributed by atoms with Gasteiger partial charge in [0.25, 0.3) is 11.1 Å². The first-order chi connectivity index (χ1) is 16.1. The topological polar surface area (TPSA) is 82.1 Å². The summed E-state index contributed by atoms with van der Waals surface area (Å²) in [5, 5.41) is 0.370. The van der Waals surface area contributed by atoms with Crippen LogP contribution in [0.4, 0.5) is 4.79 Å². The van der Waals surface area contributed by atoms with Gasteiger partial charge in [0.05, 0.1) is 31.7 Å². The minimum Gasteiger partial charge on any atom is -0.493 e. The Balaban J connectivity index is 1.78. The highest BCUT2D eigenvalue weighted by atomic mass is 127. The SMILES string of the molecule is COc1cc(/C=C2/SC(=O)N(CC(=O)OC(C)C)C2=O)cc(I)c1OCc1ccc(Cl)c(Cl)c1. The Labute approximate surface area is 224 Å². The fraction of sp³-hybridized carbons (Fsp3) is 0.261. The van der Waals surface area contributed by atoms with Crippen molar-refractivity contribution in [1.82, 2.24) is 4.90 Å². The van der Waals surface area contributed by atoms with E-state index in [0.717, 1.165) is 25.8 Å². The van der Waals surface area contributed by atoms with Crippen LogP contribution in [0.1, 0.15) is 25.0 Å². The molecule has 34 heavy (non-hydrogen) atoms. The van der Waals surface area contributed by atoms with Crippen LogP contribution in [-0.2, 0) is 20.9 Å². The molecule has 0 radical (unpaired) electrons. The summed E-state index contributed by atoms with van der Waals surface area (Å²) in [4.78, 5) is 37.9. The second-order valence-corrected chi connectivity index (χ2v) is 10.3. The Bertz CT molecular complexity index is 1170. The van der Waals surface area contributed by atoms with Crippen LogP contribution in [0.5, 0.6) is 11.5 Å². The average molecular weight is 636 g/mol. The van der Waals surface area contributed by atoms with Gasteiger partial charge in [-0.2, -0.15) is 0 Å². The van der Waals surface area contributed by atoms with Crippen molar-refractivity contribution in [3.05, 3.63) is 60.0 Å². The lowest BCUT2D eigenvalue weighted by molar-refractivity contribution is -0.149. The maximum Gasteiger partial charge on any atom is 0.326 e. The summed E-state index contributed by atoms with van der Waals surface area (Å²) in [6.45, 7) is 3.20. The standard InChI is InChI=1S/C23H20Cl2INO6S/c1-12(2)33-20(28)10-27-22(29)19(34-23(27)30)9-14-7-17(26)21(18(8-14)31-3)32-11-13-4-5-15(24)16(25)6-13/h4-9,12H,10-11H2,1-3H3/b19-9+. The first kappa shape index (κ1) is 26.7. The highest BCUT2D eigenvalue weighted by Crippen LogP contribution is 2.38. The average Bonchev–Trinajstić information content (AvgIpc) is 3.01. The van der Waals surface area contributed by atoms with Crippen LogP contribution in [0.25, 0.3) is 6.08 Å². The minimum atomic E-state index is -0.641. The van der Waals surface area contributed by atoms with E-state index >= 15 is 0 Å². The Hall–Kier alpha value is -1.95. The molecule has 1 heterocycles. The van der Waals surface area contributed by atoms with Gasteiger partial charge in [0.15, 0.2) is 11.5 Å². The molecule has 2 aromatic carbocycles. The number of methoxy groups -OCH3 is 1. The van der Waals surface area contributed by atoms with Gasteiger partial charge >= 0.3 is 5.97 Å². The normalized spacial score (nSPS) is 14.8. The number of ether oxygens (including phenoxy) is 3. The fourth-order valence-electron chi connectivity index (χ4n) is 2.97. The summed E-state index contributed by atoms with van der Waals surface area (Å²) in [7, 11) is 1.51. The largest absolute Gasteiger partial charge is 0.493 e. The molecule has 1 fully saturated rings. The molecule has 1 aliphatic rings. The molecule has 0 saturated carbocycles. The van der Waals surface area contributed by atoms with Crippen molar-refractivity contribution in [3.63, 3.8) is 0 Å². The number of nitrogens with zero attached hydrogens (tertiary/aromatic N) is 1. The Morgan fingerprint density at radius 1 is 1.18 bits per heavy atom. The molecule has 7 nitrogen and oxygen atoms in total. The molecule has 2 aromatic rings. The summed E-state index contributed by atoms with van der Waals surface area (Å²) in [6.07, 6.45) is 1.24. The zero-order valence-corrected chi connectivity index (χ0v) is 22.9. The number of esters is 1. The third kappa shape index (κ3) is 6.59. The van der Waals surface area contributed by atoms with Crippen molar-refractivity contribution in [2.75, 3.05) is 13.7 Å². The number of halogens is 3. The Morgan fingerprint density at radius 3 is 2.56 bits per heavy atom. The highest BCUT2D eigenvalue weighted by Gasteiger charge is 2.36. The molecule has 0 aliphatic carbocycles. The van der Waals surface area contributed by atoms with Gasteiger partial charge in [0.2, 0.25) is 0 Å². The van der Waals surface area contributed by atoms with Gasteiger partial charge in [-0.15, -0.1) is 0 Å². The third-order valence-electron chi connectivity index (χ3n) is 4.44. The summed E-state index contributed by atoms with van der Waals surface area (Å²) in [5.74, 6) is -0.211. The van der Waals surface area contributed by atoms with Crippen molar-refractivity contribution in [3.8, 4) is 11.5 Å². The van der Waals surface area contributed by atoms with E-state index in [4.69, 9.17) is 37.4 Å².